The largest absolute Gasteiger partial charge is 0.491 e. The first-order chi connectivity index (χ1) is 10.8. The number of ether oxygens (including phenoxy) is 3. The average Bonchev–Trinajstić information content (AvgIpc) is 3.05. The lowest BCUT2D eigenvalue weighted by atomic mass is 10.2. The second-order valence-electron chi connectivity index (χ2n) is 5.17. The molecule has 0 aromatic heterocycles. The molecule has 0 spiro atoms. The second kappa shape index (κ2) is 11.5. The van der Waals surface area contributed by atoms with Crippen molar-refractivity contribution >= 4 is 29.9 Å². The number of nitrogens with two attached hydrogens (primary N) is 1. The number of hydrogen-bond donors (Lipinski definition) is 2. The zero-order chi connectivity index (χ0) is 15.6. The maximum absolute atomic E-state index is 5.89. The maximum Gasteiger partial charge on any atom is 0.189 e. The van der Waals surface area contributed by atoms with Crippen molar-refractivity contribution < 1.29 is 14.2 Å². The van der Waals surface area contributed by atoms with Crippen LogP contribution in [0.5, 0.6) is 5.75 Å². The van der Waals surface area contributed by atoms with Gasteiger partial charge >= 0.3 is 0 Å². The number of methoxy groups -OCH3 is 1. The molecule has 0 aliphatic carbocycles. The van der Waals surface area contributed by atoms with E-state index in [0.717, 1.165) is 30.8 Å². The molecule has 1 aliphatic rings. The van der Waals surface area contributed by atoms with Gasteiger partial charge in [0.05, 0.1) is 19.3 Å². The highest BCUT2D eigenvalue weighted by molar-refractivity contribution is 14.0. The standard InChI is InChI=1S/C16H25N3O3.HI/c1-20-9-10-22-15-7-3-2-5-13(15)11-18-16(17)19-12-14-6-4-8-21-14;/h2-3,5,7,14H,4,6,8-12H2,1H3,(H3,17,18,19);1H. The number of nitrogens with one attached hydrogen (secondary N) is 1. The van der Waals surface area contributed by atoms with Gasteiger partial charge in [-0.15, -0.1) is 24.0 Å². The number of para-hydroxylation sites is 1. The lowest BCUT2D eigenvalue weighted by Gasteiger charge is -2.12. The lowest BCUT2D eigenvalue weighted by molar-refractivity contribution is 0.114. The van der Waals surface area contributed by atoms with Crippen molar-refractivity contribution in [2.75, 3.05) is 33.5 Å². The van der Waals surface area contributed by atoms with E-state index < -0.39 is 0 Å². The summed E-state index contributed by atoms with van der Waals surface area (Å²) in [4.78, 5) is 4.36. The van der Waals surface area contributed by atoms with Gasteiger partial charge in [0, 0.05) is 25.8 Å². The Labute approximate surface area is 154 Å². The van der Waals surface area contributed by atoms with Gasteiger partial charge in [0.2, 0.25) is 0 Å². The number of halogens is 1. The number of guanidine groups is 1. The fourth-order valence-corrected chi connectivity index (χ4v) is 2.26. The van der Waals surface area contributed by atoms with Gasteiger partial charge in [-0.05, 0) is 18.9 Å². The third-order valence-electron chi connectivity index (χ3n) is 3.47. The summed E-state index contributed by atoms with van der Waals surface area (Å²) in [5.74, 6) is 1.25. The van der Waals surface area contributed by atoms with Crippen molar-refractivity contribution in [2.45, 2.75) is 25.5 Å². The van der Waals surface area contributed by atoms with E-state index in [9.17, 15) is 0 Å². The van der Waals surface area contributed by atoms with Crippen molar-refractivity contribution in [3.8, 4) is 5.75 Å². The zero-order valence-electron chi connectivity index (χ0n) is 13.5. The first-order valence-corrected chi connectivity index (χ1v) is 7.64. The molecule has 1 fully saturated rings. The van der Waals surface area contributed by atoms with E-state index in [2.05, 4.69) is 10.3 Å². The molecule has 1 heterocycles. The molecule has 23 heavy (non-hydrogen) atoms. The second-order valence-corrected chi connectivity index (χ2v) is 5.17. The van der Waals surface area contributed by atoms with E-state index in [1.807, 2.05) is 24.3 Å². The molecular weight excluding hydrogens is 409 g/mol. The fourth-order valence-electron chi connectivity index (χ4n) is 2.26. The molecule has 3 N–H and O–H groups in total. The van der Waals surface area contributed by atoms with E-state index in [4.69, 9.17) is 19.9 Å². The SMILES string of the molecule is COCCOc1ccccc1CN=C(N)NCC1CCCO1.I. The van der Waals surface area contributed by atoms with Gasteiger partial charge in [-0.3, -0.25) is 0 Å². The van der Waals surface area contributed by atoms with Gasteiger partial charge in [-0.1, -0.05) is 18.2 Å². The van der Waals surface area contributed by atoms with Gasteiger partial charge < -0.3 is 25.3 Å². The monoisotopic (exact) mass is 435 g/mol. The molecule has 1 atom stereocenters. The van der Waals surface area contributed by atoms with Crippen molar-refractivity contribution in [1.29, 1.82) is 0 Å². The highest BCUT2D eigenvalue weighted by atomic mass is 127. The molecular formula is C16H26IN3O3. The molecule has 1 aliphatic heterocycles. The minimum atomic E-state index is 0. The molecule has 0 radical (unpaired) electrons. The Kier molecular flexibility index (Phi) is 9.97. The number of nitrogens with zero attached hydrogens (tertiary/aromatic N) is 1. The smallest absolute Gasteiger partial charge is 0.189 e. The Bertz CT molecular complexity index is 479. The molecule has 7 heteroatoms. The number of hydrogen-bond acceptors (Lipinski definition) is 4. The van der Waals surface area contributed by atoms with Crippen LogP contribution >= 0.6 is 24.0 Å². The summed E-state index contributed by atoms with van der Waals surface area (Å²) in [6.45, 7) is 3.11. The van der Waals surface area contributed by atoms with E-state index in [1.165, 1.54) is 0 Å². The van der Waals surface area contributed by atoms with E-state index in [-0.39, 0.29) is 30.1 Å². The van der Waals surface area contributed by atoms with Gasteiger partial charge in [-0.2, -0.15) is 0 Å². The summed E-state index contributed by atoms with van der Waals surface area (Å²) in [5, 5.41) is 3.11. The summed E-state index contributed by atoms with van der Waals surface area (Å²) in [6, 6.07) is 7.81. The molecule has 0 saturated carbocycles. The Balaban J connectivity index is 0.00000264. The van der Waals surface area contributed by atoms with Gasteiger partial charge in [-0.25, -0.2) is 4.99 Å². The number of aliphatic imine (C=N–C) groups is 1. The van der Waals surface area contributed by atoms with Crippen LogP contribution in [0.15, 0.2) is 29.3 Å². The molecule has 1 aromatic carbocycles. The molecule has 1 aromatic rings. The van der Waals surface area contributed by atoms with Crippen LogP contribution in [-0.4, -0.2) is 45.5 Å². The summed E-state index contributed by atoms with van der Waals surface area (Å²) in [7, 11) is 1.65. The van der Waals surface area contributed by atoms with Gasteiger partial charge in [0.25, 0.3) is 0 Å². The number of rotatable bonds is 8. The summed E-state index contributed by atoms with van der Waals surface area (Å²) < 4.78 is 16.2. The number of benzene rings is 1. The quantitative estimate of drug-likeness (QED) is 0.282. The van der Waals surface area contributed by atoms with Crippen LogP contribution in [-0.2, 0) is 16.0 Å². The first kappa shape index (κ1) is 20.0. The van der Waals surface area contributed by atoms with Crippen LogP contribution in [0.4, 0.5) is 0 Å². The topological polar surface area (TPSA) is 78.1 Å². The van der Waals surface area contributed by atoms with Crippen LogP contribution < -0.4 is 15.8 Å². The van der Waals surface area contributed by atoms with Crippen LogP contribution in [0.25, 0.3) is 0 Å². The van der Waals surface area contributed by atoms with Crippen molar-refractivity contribution in [2.24, 2.45) is 10.7 Å². The predicted octanol–water partition coefficient (Wildman–Crippen LogP) is 1.91. The zero-order valence-corrected chi connectivity index (χ0v) is 15.8. The molecule has 2 rings (SSSR count). The fraction of sp³-hybridized carbons (Fsp3) is 0.562. The van der Waals surface area contributed by atoms with Crippen molar-refractivity contribution in [3.05, 3.63) is 29.8 Å². The summed E-state index contributed by atoms with van der Waals surface area (Å²) in [6.07, 6.45) is 2.45. The van der Waals surface area contributed by atoms with Crippen LogP contribution in [0, 0.1) is 0 Å². The molecule has 6 nitrogen and oxygen atoms in total. The predicted molar refractivity (Wildman–Crippen MR) is 102 cm³/mol. The summed E-state index contributed by atoms with van der Waals surface area (Å²) >= 11 is 0. The highest BCUT2D eigenvalue weighted by Crippen LogP contribution is 2.18. The molecule has 130 valence electrons. The Morgan fingerprint density at radius 3 is 2.96 bits per heavy atom. The molecule has 0 amide bonds. The Hall–Kier alpha value is -1.06. The first-order valence-electron chi connectivity index (χ1n) is 7.64. The Morgan fingerprint density at radius 2 is 2.22 bits per heavy atom. The van der Waals surface area contributed by atoms with E-state index in [1.54, 1.807) is 7.11 Å². The average molecular weight is 435 g/mol. The van der Waals surface area contributed by atoms with Crippen molar-refractivity contribution in [1.82, 2.24) is 5.32 Å². The van der Waals surface area contributed by atoms with Crippen LogP contribution in [0.3, 0.4) is 0 Å². The molecule has 1 saturated heterocycles. The minimum absolute atomic E-state index is 0. The van der Waals surface area contributed by atoms with Crippen molar-refractivity contribution in [3.63, 3.8) is 0 Å². The summed E-state index contributed by atoms with van der Waals surface area (Å²) in [5.41, 5.74) is 6.89. The van der Waals surface area contributed by atoms with E-state index >= 15 is 0 Å². The highest BCUT2D eigenvalue weighted by Gasteiger charge is 2.14. The van der Waals surface area contributed by atoms with Gasteiger partial charge in [0.1, 0.15) is 12.4 Å². The molecule has 0 bridgehead atoms. The van der Waals surface area contributed by atoms with Crippen LogP contribution in [0.1, 0.15) is 18.4 Å². The van der Waals surface area contributed by atoms with Crippen LogP contribution in [0.2, 0.25) is 0 Å². The normalized spacial score (nSPS) is 17.6. The van der Waals surface area contributed by atoms with E-state index in [0.29, 0.717) is 32.3 Å². The lowest BCUT2D eigenvalue weighted by Crippen LogP contribution is -2.37. The third-order valence-corrected chi connectivity index (χ3v) is 3.47. The minimum Gasteiger partial charge on any atom is -0.491 e. The third kappa shape index (κ3) is 7.36. The maximum atomic E-state index is 5.89. The molecule has 1 unspecified atom stereocenters. The van der Waals surface area contributed by atoms with Gasteiger partial charge in [0.15, 0.2) is 5.96 Å². The Morgan fingerprint density at radius 1 is 1.39 bits per heavy atom.